The van der Waals surface area contributed by atoms with Gasteiger partial charge < -0.3 is 9.47 Å². The summed E-state index contributed by atoms with van der Waals surface area (Å²) in [5.74, 6) is 1.90. The molecule has 2 aliphatic rings. The highest BCUT2D eigenvalue weighted by molar-refractivity contribution is 5.78. The van der Waals surface area contributed by atoms with Gasteiger partial charge in [0.1, 0.15) is 5.78 Å². The highest BCUT2D eigenvalue weighted by atomic mass is 16.5. The van der Waals surface area contributed by atoms with Gasteiger partial charge >= 0.3 is 5.97 Å². The van der Waals surface area contributed by atoms with Gasteiger partial charge in [0.15, 0.2) is 0 Å². The number of methoxy groups -OCH3 is 1. The number of carbonyl (C=O) groups excluding carboxylic acids is 2. The summed E-state index contributed by atoms with van der Waals surface area (Å²) >= 11 is 0. The summed E-state index contributed by atoms with van der Waals surface area (Å²) in [5, 5.41) is 0. The molecule has 1 aromatic carbocycles. The van der Waals surface area contributed by atoms with Gasteiger partial charge in [-0.2, -0.15) is 0 Å². The Morgan fingerprint density at radius 3 is 2.21 bits per heavy atom. The average molecular weight is 387 g/mol. The Bertz CT molecular complexity index is 656. The lowest BCUT2D eigenvalue weighted by Gasteiger charge is -2.42. The van der Waals surface area contributed by atoms with Crippen LogP contribution in [0.15, 0.2) is 30.3 Å². The quantitative estimate of drug-likeness (QED) is 0.659. The lowest BCUT2D eigenvalue weighted by Crippen LogP contribution is -2.41. The second-order valence-electron chi connectivity index (χ2n) is 8.81. The number of carbonyl (C=O) groups is 2. The van der Waals surface area contributed by atoms with E-state index in [1.54, 1.807) is 6.92 Å². The average Bonchev–Trinajstić information content (AvgIpc) is 2.72. The first-order chi connectivity index (χ1) is 13.5. The Hall–Kier alpha value is -1.68. The molecule has 1 aromatic rings. The van der Waals surface area contributed by atoms with E-state index in [0.29, 0.717) is 30.1 Å². The fraction of sp³-hybridized carbons (Fsp3) is 0.667. The van der Waals surface area contributed by atoms with E-state index in [0.717, 1.165) is 44.1 Å². The highest BCUT2D eigenvalue weighted by Crippen LogP contribution is 2.44. The van der Waals surface area contributed by atoms with Gasteiger partial charge in [0, 0.05) is 5.92 Å². The second kappa shape index (κ2) is 9.69. The van der Waals surface area contributed by atoms with Gasteiger partial charge in [-0.25, -0.2) is 0 Å². The van der Waals surface area contributed by atoms with Crippen LogP contribution in [0.2, 0.25) is 0 Å². The molecular weight excluding hydrogens is 352 g/mol. The predicted molar refractivity (Wildman–Crippen MR) is 109 cm³/mol. The van der Waals surface area contributed by atoms with E-state index in [1.807, 2.05) is 18.2 Å². The number of hydrogen-bond donors (Lipinski definition) is 0. The monoisotopic (exact) mass is 386 g/mol. The Morgan fingerprint density at radius 2 is 1.61 bits per heavy atom. The molecule has 0 radical (unpaired) electrons. The van der Waals surface area contributed by atoms with Gasteiger partial charge in [-0.05, 0) is 68.8 Å². The van der Waals surface area contributed by atoms with Crippen molar-refractivity contribution in [1.29, 1.82) is 0 Å². The Kier molecular flexibility index (Phi) is 7.28. The molecule has 0 amide bonds. The minimum Gasteiger partial charge on any atom is -0.469 e. The molecule has 0 bridgehead atoms. The molecule has 2 fully saturated rings. The van der Waals surface area contributed by atoms with E-state index >= 15 is 0 Å². The normalized spacial score (nSPS) is 33.2. The number of Topliss-reactive ketones (excluding diaryl/α,β-unsaturated/α-hetero) is 1. The van der Waals surface area contributed by atoms with Crippen molar-refractivity contribution in [3.8, 4) is 0 Å². The van der Waals surface area contributed by atoms with E-state index in [4.69, 9.17) is 9.47 Å². The molecule has 0 aromatic heterocycles. The zero-order valence-electron chi connectivity index (χ0n) is 17.4. The van der Waals surface area contributed by atoms with E-state index < -0.39 is 0 Å². The summed E-state index contributed by atoms with van der Waals surface area (Å²) in [4.78, 5) is 24.1. The van der Waals surface area contributed by atoms with Crippen molar-refractivity contribution in [3.05, 3.63) is 35.9 Å². The first-order valence-corrected chi connectivity index (χ1v) is 10.7. The highest BCUT2D eigenvalue weighted by Gasteiger charge is 2.41. The van der Waals surface area contributed by atoms with Crippen LogP contribution in [0.5, 0.6) is 0 Å². The molecule has 28 heavy (non-hydrogen) atoms. The van der Waals surface area contributed by atoms with Crippen LogP contribution >= 0.6 is 0 Å². The first-order valence-electron chi connectivity index (χ1n) is 10.7. The summed E-state index contributed by atoms with van der Waals surface area (Å²) in [7, 11) is 1.47. The zero-order chi connectivity index (χ0) is 20.1. The minimum absolute atomic E-state index is 0.0905. The third-order valence-electron chi connectivity index (χ3n) is 7.04. The van der Waals surface area contributed by atoms with E-state index in [2.05, 4.69) is 19.1 Å². The van der Waals surface area contributed by atoms with Crippen LogP contribution in [0.1, 0.15) is 57.9 Å². The van der Waals surface area contributed by atoms with Crippen LogP contribution in [0.25, 0.3) is 0 Å². The topological polar surface area (TPSA) is 52.6 Å². The third kappa shape index (κ3) is 5.02. The molecule has 0 saturated heterocycles. The SMILES string of the molecule is COC(=O)C1CCC(C2CCC(C(C)=O)C(C)C2)CC1OCc1ccccc1. The largest absolute Gasteiger partial charge is 0.469 e. The van der Waals surface area contributed by atoms with Crippen molar-refractivity contribution in [3.63, 3.8) is 0 Å². The molecule has 2 aliphatic carbocycles. The van der Waals surface area contributed by atoms with Crippen LogP contribution in [0.3, 0.4) is 0 Å². The number of benzene rings is 1. The molecular formula is C24H34O4. The van der Waals surface area contributed by atoms with Gasteiger partial charge in [-0.3, -0.25) is 9.59 Å². The lowest BCUT2D eigenvalue weighted by atomic mass is 9.65. The molecule has 2 saturated carbocycles. The summed E-state index contributed by atoms with van der Waals surface area (Å²) in [6, 6.07) is 10.1. The fourth-order valence-corrected chi connectivity index (χ4v) is 5.44. The maximum absolute atomic E-state index is 12.3. The molecule has 0 spiro atoms. The number of ether oxygens (including phenoxy) is 2. The molecule has 0 heterocycles. The number of hydrogen-bond acceptors (Lipinski definition) is 4. The van der Waals surface area contributed by atoms with Crippen molar-refractivity contribution < 1.29 is 19.1 Å². The second-order valence-corrected chi connectivity index (χ2v) is 8.81. The summed E-state index contributed by atoms with van der Waals surface area (Å²) < 4.78 is 11.3. The van der Waals surface area contributed by atoms with Crippen LogP contribution in [-0.2, 0) is 25.7 Å². The van der Waals surface area contributed by atoms with Crippen molar-refractivity contribution >= 4 is 11.8 Å². The van der Waals surface area contributed by atoms with Crippen LogP contribution in [0, 0.1) is 29.6 Å². The van der Waals surface area contributed by atoms with Gasteiger partial charge in [-0.15, -0.1) is 0 Å². The Morgan fingerprint density at radius 1 is 0.964 bits per heavy atom. The van der Waals surface area contributed by atoms with Crippen molar-refractivity contribution in [2.75, 3.05) is 7.11 Å². The van der Waals surface area contributed by atoms with Crippen LogP contribution in [0.4, 0.5) is 0 Å². The van der Waals surface area contributed by atoms with Gasteiger partial charge in [0.25, 0.3) is 0 Å². The van der Waals surface area contributed by atoms with Crippen molar-refractivity contribution in [1.82, 2.24) is 0 Å². The first kappa shape index (κ1) is 21.0. The standard InChI is InChI=1S/C24H34O4/c1-16-13-19(9-11-21(16)17(2)25)20-10-12-22(24(26)27-3)23(14-20)28-15-18-7-5-4-6-8-18/h4-8,16,19-23H,9-15H2,1-3H3. The number of esters is 1. The van der Waals surface area contributed by atoms with Gasteiger partial charge in [0.2, 0.25) is 0 Å². The summed E-state index contributed by atoms with van der Waals surface area (Å²) in [5.41, 5.74) is 1.13. The molecule has 6 unspecified atom stereocenters. The molecule has 3 rings (SSSR count). The molecule has 4 nitrogen and oxygen atoms in total. The van der Waals surface area contributed by atoms with Crippen LogP contribution < -0.4 is 0 Å². The molecule has 0 N–H and O–H groups in total. The minimum atomic E-state index is -0.170. The zero-order valence-corrected chi connectivity index (χ0v) is 17.4. The number of ketones is 1. The molecule has 154 valence electrons. The van der Waals surface area contributed by atoms with E-state index in [9.17, 15) is 9.59 Å². The third-order valence-corrected chi connectivity index (χ3v) is 7.04. The smallest absolute Gasteiger partial charge is 0.311 e. The predicted octanol–water partition coefficient (Wildman–Crippen LogP) is 4.80. The fourth-order valence-electron chi connectivity index (χ4n) is 5.44. The Labute approximate surface area is 169 Å². The summed E-state index contributed by atoms with van der Waals surface area (Å²) in [6.45, 7) is 4.48. The molecule has 6 atom stereocenters. The maximum Gasteiger partial charge on any atom is 0.311 e. The van der Waals surface area contributed by atoms with Gasteiger partial charge in [0.05, 0.1) is 25.7 Å². The van der Waals surface area contributed by atoms with Crippen molar-refractivity contribution in [2.45, 2.75) is 65.1 Å². The Balaban J connectivity index is 1.64. The maximum atomic E-state index is 12.3. The van der Waals surface area contributed by atoms with E-state index in [1.165, 1.54) is 7.11 Å². The molecule has 0 aliphatic heterocycles. The van der Waals surface area contributed by atoms with Crippen LogP contribution in [-0.4, -0.2) is 25.0 Å². The molecule has 4 heteroatoms. The van der Waals surface area contributed by atoms with Gasteiger partial charge in [-0.1, -0.05) is 37.3 Å². The lowest BCUT2D eigenvalue weighted by molar-refractivity contribution is -0.156. The number of rotatable bonds is 6. The van der Waals surface area contributed by atoms with Crippen molar-refractivity contribution in [2.24, 2.45) is 29.6 Å². The summed E-state index contributed by atoms with van der Waals surface area (Å²) in [6.07, 6.45) is 5.94. The van der Waals surface area contributed by atoms with E-state index in [-0.39, 0.29) is 23.9 Å².